The number of thioether (sulfide) groups is 1. The highest BCUT2D eigenvalue weighted by Crippen LogP contribution is 2.66. The zero-order valence-corrected chi connectivity index (χ0v) is 31.6. The molecule has 11 rings (SSSR count). The lowest BCUT2D eigenvalue weighted by Gasteiger charge is -2.59. The van der Waals surface area contributed by atoms with Crippen LogP contribution < -0.4 is 0 Å². The summed E-state index contributed by atoms with van der Waals surface area (Å²) in [4.78, 5) is 5.78. The fraction of sp³-hybridized carbons (Fsp3) is 0.388. The molecule has 0 bridgehead atoms. The molecule has 9 aliphatic rings. The van der Waals surface area contributed by atoms with Gasteiger partial charge in [-0.25, -0.2) is 0 Å². The zero-order chi connectivity index (χ0) is 34.2. The Balaban J connectivity index is 1.04. The van der Waals surface area contributed by atoms with Crippen LogP contribution in [0.15, 0.2) is 161 Å². The number of rotatable bonds is 3. The summed E-state index contributed by atoms with van der Waals surface area (Å²) in [6, 6.07) is 18.4. The molecule has 1 spiro atoms. The van der Waals surface area contributed by atoms with Gasteiger partial charge in [0.05, 0.1) is 12.1 Å². The van der Waals surface area contributed by atoms with Gasteiger partial charge in [-0.3, -0.25) is 0 Å². The van der Waals surface area contributed by atoms with Gasteiger partial charge in [-0.15, -0.1) is 0 Å². The van der Waals surface area contributed by atoms with Crippen LogP contribution in [0.1, 0.15) is 74.0 Å². The minimum atomic E-state index is -0.0435. The van der Waals surface area contributed by atoms with Gasteiger partial charge in [0.2, 0.25) is 0 Å². The highest BCUT2D eigenvalue weighted by molar-refractivity contribution is 8.00. The Morgan fingerprint density at radius 2 is 1.50 bits per heavy atom. The van der Waals surface area contributed by atoms with Crippen molar-refractivity contribution >= 4 is 23.5 Å². The van der Waals surface area contributed by atoms with E-state index in [9.17, 15) is 0 Å². The number of hydrogen-bond acceptors (Lipinski definition) is 3. The molecule has 2 aromatic rings. The molecule has 0 saturated carbocycles. The van der Waals surface area contributed by atoms with Crippen molar-refractivity contribution in [1.82, 2.24) is 4.90 Å². The van der Waals surface area contributed by atoms with Gasteiger partial charge < -0.3 is 4.90 Å². The molecule has 52 heavy (non-hydrogen) atoms. The first kappa shape index (κ1) is 32.1. The predicted octanol–water partition coefficient (Wildman–Crippen LogP) is 12.0. The van der Waals surface area contributed by atoms with Crippen LogP contribution in [-0.2, 0) is 5.41 Å². The Hall–Kier alpha value is -3.40. The second-order valence-corrected chi connectivity index (χ2v) is 19.2. The third-order valence-corrected chi connectivity index (χ3v) is 17.1. The Morgan fingerprint density at radius 1 is 0.654 bits per heavy atom. The topological polar surface area (TPSA) is 3.24 Å². The largest absolute Gasteiger partial charge is 0.358 e. The van der Waals surface area contributed by atoms with Crippen LogP contribution in [0, 0.1) is 29.6 Å². The molecule has 11 unspecified atom stereocenters. The van der Waals surface area contributed by atoms with Crippen LogP contribution >= 0.6 is 23.5 Å². The van der Waals surface area contributed by atoms with Crippen LogP contribution in [0.25, 0.3) is 0 Å². The Labute approximate surface area is 319 Å². The summed E-state index contributed by atoms with van der Waals surface area (Å²) in [5.74, 6) is 3.28. The van der Waals surface area contributed by atoms with Crippen LogP contribution in [-0.4, -0.2) is 27.5 Å². The zero-order valence-electron chi connectivity index (χ0n) is 30.0. The molecule has 3 heterocycles. The summed E-state index contributed by atoms with van der Waals surface area (Å²) in [5, 5.41) is 1.29. The van der Waals surface area contributed by atoms with E-state index in [4.69, 9.17) is 0 Å². The van der Waals surface area contributed by atoms with Gasteiger partial charge in [-0.2, -0.15) is 11.8 Å². The summed E-state index contributed by atoms with van der Waals surface area (Å²) in [6.07, 6.45) is 48.8. The lowest BCUT2D eigenvalue weighted by atomic mass is 9.53. The molecule has 2 aromatic carbocycles. The molecule has 0 radical (unpaired) electrons. The van der Waals surface area contributed by atoms with Crippen LogP contribution in [0.5, 0.6) is 0 Å². The molecular formula is C49H49NS2. The monoisotopic (exact) mass is 715 g/mol. The van der Waals surface area contributed by atoms with E-state index < -0.39 is 0 Å². The average Bonchev–Trinajstić information content (AvgIpc) is 3.56. The predicted molar refractivity (Wildman–Crippen MR) is 220 cm³/mol. The van der Waals surface area contributed by atoms with E-state index in [0.717, 1.165) is 12.8 Å². The highest BCUT2D eigenvalue weighted by Gasteiger charge is 2.59. The maximum atomic E-state index is 2.79. The number of benzene rings is 2. The van der Waals surface area contributed by atoms with Crippen molar-refractivity contribution in [2.24, 2.45) is 29.6 Å². The SMILES string of the molecule is C1=CCC(C2C=CC3C(C2)SC2CCC=CC2C32c3ccccc3Sc3cc(C4CC=CC5=C4C4CCC=CC4N5C4C=CC=CC4)ccc32)C=C1. The van der Waals surface area contributed by atoms with Gasteiger partial charge in [0.15, 0.2) is 0 Å². The van der Waals surface area contributed by atoms with Crippen molar-refractivity contribution in [2.75, 3.05) is 0 Å². The maximum Gasteiger partial charge on any atom is 0.0545 e. The maximum absolute atomic E-state index is 2.79. The minimum Gasteiger partial charge on any atom is -0.358 e. The third kappa shape index (κ3) is 4.83. The lowest BCUT2D eigenvalue weighted by molar-refractivity contribution is 0.219. The van der Waals surface area contributed by atoms with E-state index in [1.807, 2.05) is 0 Å². The summed E-state index contributed by atoms with van der Waals surface area (Å²) in [7, 11) is 0. The molecule has 262 valence electrons. The molecule has 1 saturated heterocycles. The average molecular weight is 716 g/mol. The summed E-state index contributed by atoms with van der Waals surface area (Å²) >= 11 is 4.42. The standard InChI is InChI=1S/C49H49NS2/c1-3-14-32(15-4-1)33-26-28-40-46(30-33)51-44-24-11-8-20-38(44)49(40)39-21-9-12-25-45(39)52-47-31-34(27-29-41(47)49)36-19-13-23-43-48(36)37-18-7-10-22-42(37)50(43)35-16-5-2-6-17-35/h1-6,8-10,12-14,16,20-23,25-29,31-33,35-38,40,42,44,46H,7,11,15,17-19,24,30H2. The first-order chi connectivity index (χ1) is 25.8. The first-order valence-corrected chi connectivity index (χ1v) is 22.0. The van der Waals surface area contributed by atoms with Crippen LogP contribution in [0.3, 0.4) is 0 Å². The Morgan fingerprint density at radius 3 is 2.40 bits per heavy atom. The van der Waals surface area contributed by atoms with Crippen molar-refractivity contribution in [3.63, 3.8) is 0 Å². The van der Waals surface area contributed by atoms with Gasteiger partial charge in [0.1, 0.15) is 0 Å². The molecule has 3 aliphatic heterocycles. The van der Waals surface area contributed by atoms with Crippen molar-refractivity contribution < 1.29 is 0 Å². The Kier molecular flexibility index (Phi) is 7.94. The third-order valence-electron chi connectivity index (χ3n) is 14.2. The quantitative estimate of drug-likeness (QED) is 0.291. The van der Waals surface area contributed by atoms with E-state index in [0.29, 0.717) is 58.1 Å². The lowest BCUT2D eigenvalue weighted by Crippen LogP contribution is -2.56. The van der Waals surface area contributed by atoms with Crippen molar-refractivity contribution in [3.05, 3.63) is 168 Å². The molecule has 1 nitrogen and oxygen atoms in total. The van der Waals surface area contributed by atoms with E-state index in [2.05, 4.69) is 168 Å². The van der Waals surface area contributed by atoms with Crippen molar-refractivity contribution in [2.45, 2.75) is 95.1 Å². The highest BCUT2D eigenvalue weighted by atomic mass is 32.2. The van der Waals surface area contributed by atoms with Crippen LogP contribution in [0.2, 0.25) is 0 Å². The van der Waals surface area contributed by atoms with Gasteiger partial charge in [-0.1, -0.05) is 133 Å². The normalized spacial score (nSPS) is 38.9. The van der Waals surface area contributed by atoms with E-state index in [1.165, 1.54) is 59.6 Å². The van der Waals surface area contributed by atoms with E-state index in [-0.39, 0.29) is 5.41 Å². The van der Waals surface area contributed by atoms with Gasteiger partial charge in [0.25, 0.3) is 0 Å². The summed E-state index contributed by atoms with van der Waals surface area (Å²) < 4.78 is 0. The number of hydrogen-bond donors (Lipinski definition) is 0. The molecular weight excluding hydrogens is 667 g/mol. The molecule has 0 amide bonds. The van der Waals surface area contributed by atoms with Gasteiger partial charge in [-0.05, 0) is 104 Å². The molecule has 3 heteroatoms. The number of nitrogens with zero attached hydrogens (tertiary/aromatic N) is 1. The summed E-state index contributed by atoms with van der Waals surface area (Å²) in [5.41, 5.74) is 7.91. The second-order valence-electron chi connectivity index (χ2n) is 16.6. The summed E-state index contributed by atoms with van der Waals surface area (Å²) in [6.45, 7) is 0. The molecule has 0 aromatic heterocycles. The molecule has 6 aliphatic carbocycles. The molecule has 0 N–H and O–H groups in total. The number of allylic oxidation sites excluding steroid dienone is 13. The molecule has 11 atom stereocenters. The van der Waals surface area contributed by atoms with E-state index in [1.54, 1.807) is 16.7 Å². The fourth-order valence-corrected chi connectivity index (χ4v) is 15.4. The van der Waals surface area contributed by atoms with Gasteiger partial charge in [0, 0.05) is 55.1 Å². The molecule has 1 fully saturated rings. The van der Waals surface area contributed by atoms with Crippen molar-refractivity contribution in [3.8, 4) is 0 Å². The van der Waals surface area contributed by atoms with Crippen LogP contribution in [0.4, 0.5) is 0 Å². The minimum absolute atomic E-state index is 0.0435. The number of fused-ring (bicyclic) bond motifs is 10. The van der Waals surface area contributed by atoms with Gasteiger partial charge >= 0.3 is 0 Å². The smallest absolute Gasteiger partial charge is 0.0545 e. The van der Waals surface area contributed by atoms with E-state index >= 15 is 0 Å². The second kappa shape index (κ2) is 12.9. The Bertz CT molecular complexity index is 2050. The first-order valence-electron chi connectivity index (χ1n) is 20.2. The van der Waals surface area contributed by atoms with Crippen molar-refractivity contribution in [1.29, 1.82) is 0 Å². The fourth-order valence-electron chi connectivity index (χ4n) is 12.1.